The van der Waals surface area contributed by atoms with Gasteiger partial charge in [-0.3, -0.25) is 4.79 Å². The van der Waals surface area contributed by atoms with E-state index in [1.807, 2.05) is 0 Å². The minimum atomic E-state index is -0.438. The summed E-state index contributed by atoms with van der Waals surface area (Å²) in [5.41, 5.74) is 1.59. The van der Waals surface area contributed by atoms with Crippen molar-refractivity contribution in [1.82, 2.24) is 0 Å². The standard InChI is InChI=1S/C16H14ClN3O3/c1-20-14(21)9-23-13-7-3-6-12(15(13)20)19-16(22)18-11-5-2-4-10(17)8-11/h2-8H,9H2,1H3,(H2,18,19,22). The molecule has 0 aliphatic carbocycles. The number of hydrogen-bond acceptors (Lipinski definition) is 3. The first-order valence-corrected chi connectivity index (χ1v) is 7.28. The monoisotopic (exact) mass is 331 g/mol. The molecule has 1 aliphatic heterocycles. The molecule has 23 heavy (non-hydrogen) atoms. The molecule has 1 aliphatic rings. The van der Waals surface area contributed by atoms with Gasteiger partial charge in [0, 0.05) is 17.8 Å². The van der Waals surface area contributed by atoms with Crippen LogP contribution < -0.4 is 20.3 Å². The number of rotatable bonds is 2. The molecule has 0 aromatic heterocycles. The zero-order chi connectivity index (χ0) is 16.4. The fraction of sp³-hybridized carbons (Fsp3) is 0.125. The topological polar surface area (TPSA) is 70.7 Å². The predicted molar refractivity (Wildman–Crippen MR) is 89.4 cm³/mol. The van der Waals surface area contributed by atoms with Gasteiger partial charge in [-0.1, -0.05) is 23.7 Å². The number of carbonyl (C=O) groups is 2. The first-order valence-electron chi connectivity index (χ1n) is 6.90. The van der Waals surface area contributed by atoms with Crippen molar-refractivity contribution in [2.45, 2.75) is 0 Å². The van der Waals surface area contributed by atoms with Crippen LogP contribution in [0.3, 0.4) is 0 Å². The van der Waals surface area contributed by atoms with E-state index in [0.717, 1.165) is 0 Å². The van der Waals surface area contributed by atoms with E-state index in [4.69, 9.17) is 16.3 Å². The molecule has 0 bridgehead atoms. The summed E-state index contributed by atoms with van der Waals surface area (Å²) in [5.74, 6) is 0.370. The van der Waals surface area contributed by atoms with E-state index >= 15 is 0 Å². The fourth-order valence-electron chi connectivity index (χ4n) is 2.30. The second-order valence-electron chi connectivity index (χ2n) is 4.98. The molecule has 2 aromatic rings. The van der Waals surface area contributed by atoms with Crippen molar-refractivity contribution in [3.8, 4) is 5.75 Å². The van der Waals surface area contributed by atoms with Gasteiger partial charge in [-0.05, 0) is 30.3 Å². The van der Waals surface area contributed by atoms with Crippen LogP contribution in [0.4, 0.5) is 21.9 Å². The molecular weight excluding hydrogens is 318 g/mol. The molecule has 0 saturated heterocycles. The third kappa shape index (κ3) is 3.22. The number of fused-ring (bicyclic) bond motifs is 1. The number of nitrogens with zero attached hydrogens (tertiary/aromatic N) is 1. The molecule has 118 valence electrons. The highest BCUT2D eigenvalue weighted by Gasteiger charge is 2.25. The van der Waals surface area contributed by atoms with Crippen molar-refractivity contribution in [1.29, 1.82) is 0 Å². The van der Waals surface area contributed by atoms with E-state index in [9.17, 15) is 9.59 Å². The fourth-order valence-corrected chi connectivity index (χ4v) is 2.49. The highest BCUT2D eigenvalue weighted by molar-refractivity contribution is 6.30. The van der Waals surface area contributed by atoms with Crippen LogP contribution >= 0.6 is 11.6 Å². The van der Waals surface area contributed by atoms with Crippen LogP contribution in [0.1, 0.15) is 0 Å². The van der Waals surface area contributed by atoms with Crippen molar-refractivity contribution >= 4 is 40.6 Å². The molecule has 2 N–H and O–H groups in total. The smallest absolute Gasteiger partial charge is 0.323 e. The summed E-state index contributed by atoms with van der Waals surface area (Å²) in [5, 5.41) is 5.93. The third-order valence-corrected chi connectivity index (χ3v) is 3.63. The summed E-state index contributed by atoms with van der Waals surface area (Å²) in [6, 6.07) is 11.6. The largest absolute Gasteiger partial charge is 0.481 e. The average molecular weight is 332 g/mol. The SMILES string of the molecule is CN1C(=O)COc2cccc(NC(=O)Nc3cccc(Cl)c3)c21. The van der Waals surface area contributed by atoms with Gasteiger partial charge in [-0.2, -0.15) is 0 Å². The molecular formula is C16H14ClN3O3. The minimum Gasteiger partial charge on any atom is -0.481 e. The molecule has 0 unspecified atom stereocenters. The van der Waals surface area contributed by atoms with Gasteiger partial charge in [0.05, 0.1) is 5.69 Å². The van der Waals surface area contributed by atoms with Gasteiger partial charge in [-0.25, -0.2) is 4.79 Å². The summed E-state index contributed by atoms with van der Waals surface area (Å²) in [6.45, 7) is -0.0122. The Morgan fingerprint density at radius 3 is 2.78 bits per heavy atom. The van der Waals surface area contributed by atoms with Crippen molar-refractivity contribution in [2.75, 3.05) is 29.2 Å². The van der Waals surface area contributed by atoms with Crippen molar-refractivity contribution in [2.24, 2.45) is 0 Å². The zero-order valence-corrected chi connectivity index (χ0v) is 13.1. The van der Waals surface area contributed by atoms with Gasteiger partial charge >= 0.3 is 6.03 Å². The van der Waals surface area contributed by atoms with Crippen LogP contribution in [0, 0.1) is 0 Å². The van der Waals surface area contributed by atoms with E-state index in [0.29, 0.717) is 27.8 Å². The normalized spacial score (nSPS) is 13.1. The summed E-state index contributed by atoms with van der Waals surface area (Å²) in [4.78, 5) is 25.4. The summed E-state index contributed by atoms with van der Waals surface area (Å²) in [6.07, 6.45) is 0. The maximum Gasteiger partial charge on any atom is 0.323 e. The molecule has 7 heteroatoms. The lowest BCUT2D eigenvalue weighted by atomic mass is 10.2. The molecule has 1 heterocycles. The highest BCUT2D eigenvalue weighted by atomic mass is 35.5. The summed E-state index contributed by atoms with van der Waals surface area (Å²) >= 11 is 5.89. The molecule has 0 fully saturated rings. The quantitative estimate of drug-likeness (QED) is 0.886. The van der Waals surface area contributed by atoms with Crippen LogP contribution in [-0.2, 0) is 4.79 Å². The molecule has 3 amide bonds. The Morgan fingerprint density at radius 1 is 1.22 bits per heavy atom. The molecule has 0 saturated carbocycles. The lowest BCUT2D eigenvalue weighted by Crippen LogP contribution is -2.36. The third-order valence-electron chi connectivity index (χ3n) is 3.39. The number of likely N-dealkylation sites (N-methyl/N-ethyl adjacent to an activating group) is 1. The molecule has 6 nitrogen and oxygen atoms in total. The number of amides is 3. The van der Waals surface area contributed by atoms with Crippen LogP contribution in [0.25, 0.3) is 0 Å². The molecule has 0 radical (unpaired) electrons. The first-order chi connectivity index (χ1) is 11.0. The Balaban J connectivity index is 1.81. The van der Waals surface area contributed by atoms with Crippen molar-refractivity contribution in [3.63, 3.8) is 0 Å². The average Bonchev–Trinajstić information content (AvgIpc) is 2.51. The van der Waals surface area contributed by atoms with Gasteiger partial charge in [-0.15, -0.1) is 0 Å². The number of para-hydroxylation sites is 1. The van der Waals surface area contributed by atoms with Crippen LogP contribution in [0.2, 0.25) is 5.02 Å². The molecule has 0 atom stereocenters. The molecule has 2 aromatic carbocycles. The van der Waals surface area contributed by atoms with E-state index in [2.05, 4.69) is 10.6 Å². The number of ether oxygens (including phenoxy) is 1. The summed E-state index contributed by atoms with van der Waals surface area (Å²) in [7, 11) is 1.64. The number of carbonyl (C=O) groups excluding carboxylic acids is 2. The molecule has 3 rings (SSSR count). The second-order valence-corrected chi connectivity index (χ2v) is 5.42. The lowest BCUT2D eigenvalue weighted by molar-refractivity contribution is -0.120. The number of benzene rings is 2. The van der Waals surface area contributed by atoms with E-state index in [1.165, 1.54) is 4.90 Å². The van der Waals surface area contributed by atoms with Gasteiger partial charge in [0.1, 0.15) is 11.4 Å². The van der Waals surface area contributed by atoms with Gasteiger partial charge < -0.3 is 20.3 Å². The predicted octanol–water partition coefficient (Wildman–Crippen LogP) is 3.34. The van der Waals surface area contributed by atoms with Gasteiger partial charge in [0.25, 0.3) is 5.91 Å². The maximum atomic E-state index is 12.2. The Labute approximate surface area is 138 Å². The van der Waals surface area contributed by atoms with E-state index < -0.39 is 6.03 Å². The van der Waals surface area contributed by atoms with E-state index in [1.54, 1.807) is 49.5 Å². The van der Waals surface area contributed by atoms with Crippen molar-refractivity contribution in [3.05, 3.63) is 47.5 Å². The lowest BCUT2D eigenvalue weighted by Gasteiger charge is -2.28. The zero-order valence-electron chi connectivity index (χ0n) is 12.3. The second kappa shape index (κ2) is 6.18. The number of anilines is 3. The number of hydrogen-bond donors (Lipinski definition) is 2. The maximum absolute atomic E-state index is 12.2. The molecule has 0 spiro atoms. The highest BCUT2D eigenvalue weighted by Crippen LogP contribution is 2.38. The number of urea groups is 1. The minimum absolute atomic E-state index is 0.0122. The number of halogens is 1. The Morgan fingerprint density at radius 2 is 2.00 bits per heavy atom. The van der Waals surface area contributed by atoms with Crippen LogP contribution in [-0.4, -0.2) is 25.6 Å². The Bertz CT molecular complexity index is 779. The van der Waals surface area contributed by atoms with Crippen LogP contribution in [0.5, 0.6) is 5.75 Å². The van der Waals surface area contributed by atoms with Gasteiger partial charge in [0.15, 0.2) is 6.61 Å². The summed E-state index contributed by atoms with van der Waals surface area (Å²) < 4.78 is 5.38. The Kier molecular flexibility index (Phi) is 4.08. The first kappa shape index (κ1) is 15.2. The number of nitrogens with one attached hydrogen (secondary N) is 2. The van der Waals surface area contributed by atoms with Crippen LogP contribution in [0.15, 0.2) is 42.5 Å². The Hall–Kier alpha value is -2.73. The van der Waals surface area contributed by atoms with E-state index in [-0.39, 0.29) is 12.5 Å². The van der Waals surface area contributed by atoms with Gasteiger partial charge in [0.2, 0.25) is 0 Å². The van der Waals surface area contributed by atoms with Crippen molar-refractivity contribution < 1.29 is 14.3 Å².